The van der Waals surface area contributed by atoms with Crippen molar-refractivity contribution in [1.82, 2.24) is 0 Å². The second kappa shape index (κ2) is 9.70. The second-order valence-corrected chi connectivity index (χ2v) is 13.2. The van der Waals surface area contributed by atoms with Crippen molar-refractivity contribution in [2.24, 2.45) is 5.92 Å². The molecule has 48 heavy (non-hydrogen) atoms. The van der Waals surface area contributed by atoms with Crippen LogP contribution in [0.25, 0.3) is 88.2 Å². The summed E-state index contributed by atoms with van der Waals surface area (Å²) in [6, 6.07) is 45.9. The lowest BCUT2D eigenvalue weighted by atomic mass is 9.71. The molecule has 2 unspecified atom stereocenters. The molecular formula is C46H28O2. The van der Waals surface area contributed by atoms with Gasteiger partial charge in [-0.3, -0.25) is 0 Å². The predicted octanol–water partition coefficient (Wildman–Crippen LogP) is 12.8. The van der Waals surface area contributed by atoms with Crippen molar-refractivity contribution in [2.45, 2.75) is 5.92 Å². The number of hydrogen-bond donors (Lipinski definition) is 0. The maximum absolute atomic E-state index is 6.52. The van der Waals surface area contributed by atoms with Crippen LogP contribution < -0.4 is 0 Å². The first-order valence-electron chi connectivity index (χ1n) is 16.7. The van der Waals surface area contributed by atoms with E-state index in [0.717, 1.165) is 43.9 Å². The molecule has 2 heteroatoms. The highest BCUT2D eigenvalue weighted by molar-refractivity contribution is 6.26. The number of allylic oxidation sites excluding steroid dienone is 5. The lowest BCUT2D eigenvalue weighted by Crippen LogP contribution is -2.17. The third-order valence-corrected chi connectivity index (χ3v) is 10.6. The van der Waals surface area contributed by atoms with Crippen LogP contribution in [0.15, 0.2) is 161 Å². The maximum atomic E-state index is 6.52. The molecule has 2 atom stereocenters. The Hall–Kier alpha value is -6.12. The van der Waals surface area contributed by atoms with E-state index in [2.05, 4.69) is 158 Å². The molecule has 2 nitrogen and oxygen atoms in total. The van der Waals surface area contributed by atoms with Gasteiger partial charge in [0.25, 0.3) is 0 Å². The Balaban J connectivity index is 1.15. The van der Waals surface area contributed by atoms with Gasteiger partial charge in [0.05, 0.1) is 0 Å². The van der Waals surface area contributed by atoms with Gasteiger partial charge in [0.2, 0.25) is 0 Å². The van der Waals surface area contributed by atoms with Crippen molar-refractivity contribution in [3.8, 4) is 11.1 Å². The van der Waals surface area contributed by atoms with E-state index in [9.17, 15) is 0 Å². The van der Waals surface area contributed by atoms with Crippen molar-refractivity contribution >= 4 is 77.1 Å². The summed E-state index contributed by atoms with van der Waals surface area (Å²) in [6.45, 7) is 0. The average Bonchev–Trinajstić information content (AvgIpc) is 3.71. The highest BCUT2D eigenvalue weighted by Gasteiger charge is 2.30. The predicted molar refractivity (Wildman–Crippen MR) is 200 cm³/mol. The summed E-state index contributed by atoms with van der Waals surface area (Å²) < 4.78 is 13.0. The first-order valence-corrected chi connectivity index (χ1v) is 16.7. The van der Waals surface area contributed by atoms with Gasteiger partial charge in [-0.15, -0.1) is 0 Å². The summed E-state index contributed by atoms with van der Waals surface area (Å²) in [7, 11) is 0. The summed E-state index contributed by atoms with van der Waals surface area (Å²) in [5.41, 5.74) is 11.2. The van der Waals surface area contributed by atoms with Gasteiger partial charge < -0.3 is 8.83 Å². The van der Waals surface area contributed by atoms with Gasteiger partial charge in [0.1, 0.15) is 22.3 Å². The SMILES string of the molecule is C1=CC2C(c3ccc4oc5ccc6oc7ccc(-c8cc9ccccc9c9ccccc89)cc7c6c5c4c3)=Cc3ccccc3C2C=C1. The van der Waals surface area contributed by atoms with Gasteiger partial charge in [-0.2, -0.15) is 0 Å². The second-order valence-electron chi connectivity index (χ2n) is 13.2. The topological polar surface area (TPSA) is 26.3 Å². The molecule has 0 saturated carbocycles. The van der Waals surface area contributed by atoms with Crippen molar-refractivity contribution < 1.29 is 8.83 Å². The van der Waals surface area contributed by atoms with Crippen LogP contribution >= 0.6 is 0 Å². The van der Waals surface area contributed by atoms with E-state index in [-0.39, 0.29) is 5.92 Å². The van der Waals surface area contributed by atoms with Crippen LogP contribution in [0, 0.1) is 5.92 Å². The van der Waals surface area contributed by atoms with Gasteiger partial charge in [0, 0.05) is 33.4 Å². The summed E-state index contributed by atoms with van der Waals surface area (Å²) >= 11 is 0. The molecule has 0 saturated heterocycles. The van der Waals surface area contributed by atoms with Crippen LogP contribution in [0.1, 0.15) is 22.6 Å². The first kappa shape index (κ1) is 26.0. The molecule has 2 aliphatic carbocycles. The smallest absolute Gasteiger partial charge is 0.136 e. The van der Waals surface area contributed by atoms with Gasteiger partial charge in [-0.1, -0.05) is 115 Å². The van der Waals surface area contributed by atoms with Crippen LogP contribution in [0.2, 0.25) is 0 Å². The number of hydrogen-bond acceptors (Lipinski definition) is 2. The van der Waals surface area contributed by atoms with E-state index < -0.39 is 0 Å². The molecule has 9 aromatic rings. The minimum absolute atomic E-state index is 0.287. The molecular weight excluding hydrogens is 585 g/mol. The standard InChI is InChI=1S/C46H28O2/c1-3-11-31-27(9-1)23-37(35-15-7-5-13-33(31)35)29-17-19-41-39(25-29)45-43(47-41)21-22-44-46(45)40-26-30(18-20-42(40)48-44)38-24-28-10-2-4-12-32(28)34-14-6-8-16-36(34)38/h1-26,33,35H. The summed E-state index contributed by atoms with van der Waals surface area (Å²) in [5.74, 6) is 0.617. The van der Waals surface area contributed by atoms with Crippen LogP contribution in [-0.4, -0.2) is 0 Å². The summed E-state index contributed by atoms with van der Waals surface area (Å²) in [5, 5.41) is 9.46. The van der Waals surface area contributed by atoms with E-state index in [0.29, 0.717) is 5.92 Å². The van der Waals surface area contributed by atoms with Gasteiger partial charge >= 0.3 is 0 Å². The highest BCUT2D eigenvalue weighted by Crippen LogP contribution is 2.48. The molecule has 0 radical (unpaired) electrons. The van der Waals surface area contributed by atoms with E-state index in [1.165, 1.54) is 54.9 Å². The van der Waals surface area contributed by atoms with Gasteiger partial charge in [0.15, 0.2) is 0 Å². The van der Waals surface area contributed by atoms with Crippen LogP contribution in [0.4, 0.5) is 0 Å². The van der Waals surface area contributed by atoms with Crippen molar-refractivity contribution in [1.29, 1.82) is 0 Å². The van der Waals surface area contributed by atoms with Crippen LogP contribution in [-0.2, 0) is 0 Å². The molecule has 7 aromatic carbocycles. The monoisotopic (exact) mass is 612 g/mol. The fourth-order valence-corrected chi connectivity index (χ4v) is 8.46. The third-order valence-electron chi connectivity index (χ3n) is 10.6. The molecule has 0 amide bonds. The summed E-state index contributed by atoms with van der Waals surface area (Å²) in [4.78, 5) is 0. The van der Waals surface area contributed by atoms with Gasteiger partial charge in [-0.25, -0.2) is 0 Å². The minimum Gasteiger partial charge on any atom is -0.456 e. The van der Waals surface area contributed by atoms with E-state index in [1.807, 2.05) is 0 Å². The molecule has 0 spiro atoms. The molecule has 224 valence electrons. The first-order chi connectivity index (χ1) is 23.8. The molecule has 0 bridgehead atoms. The molecule has 2 heterocycles. The van der Waals surface area contributed by atoms with Crippen molar-refractivity contribution in [3.63, 3.8) is 0 Å². The quantitative estimate of drug-likeness (QED) is 0.182. The minimum atomic E-state index is 0.287. The molecule has 2 aromatic heterocycles. The molecule has 2 aliphatic rings. The third kappa shape index (κ3) is 3.63. The number of furan rings is 2. The van der Waals surface area contributed by atoms with Crippen molar-refractivity contribution in [3.05, 3.63) is 168 Å². The zero-order valence-corrected chi connectivity index (χ0v) is 26.0. The average molecular weight is 613 g/mol. The lowest BCUT2D eigenvalue weighted by molar-refractivity contribution is 0.663. The zero-order valence-electron chi connectivity index (χ0n) is 26.0. The van der Waals surface area contributed by atoms with E-state index in [4.69, 9.17) is 8.83 Å². The van der Waals surface area contributed by atoms with Crippen molar-refractivity contribution in [2.75, 3.05) is 0 Å². The highest BCUT2D eigenvalue weighted by atomic mass is 16.3. The van der Waals surface area contributed by atoms with Crippen LogP contribution in [0.5, 0.6) is 0 Å². The van der Waals surface area contributed by atoms with E-state index in [1.54, 1.807) is 0 Å². The fraction of sp³-hybridized carbons (Fsp3) is 0.0435. The molecule has 0 aliphatic heterocycles. The number of benzene rings is 7. The Morgan fingerprint density at radius 3 is 1.83 bits per heavy atom. The Labute approximate surface area is 276 Å². The Kier molecular flexibility index (Phi) is 5.25. The van der Waals surface area contributed by atoms with E-state index >= 15 is 0 Å². The fourth-order valence-electron chi connectivity index (χ4n) is 8.46. The maximum Gasteiger partial charge on any atom is 0.136 e. The molecule has 0 N–H and O–H groups in total. The molecule has 11 rings (SSSR count). The molecule has 0 fully saturated rings. The Morgan fingerprint density at radius 2 is 1.04 bits per heavy atom. The Morgan fingerprint density at radius 1 is 0.438 bits per heavy atom. The number of rotatable bonds is 2. The summed E-state index contributed by atoms with van der Waals surface area (Å²) in [6.07, 6.45) is 11.5. The Bertz CT molecular complexity index is 2910. The normalized spacial score (nSPS) is 17.1. The zero-order chi connectivity index (χ0) is 31.3. The largest absolute Gasteiger partial charge is 0.456 e. The van der Waals surface area contributed by atoms with Crippen LogP contribution in [0.3, 0.4) is 0 Å². The van der Waals surface area contributed by atoms with Gasteiger partial charge in [-0.05, 0) is 97.4 Å². The lowest BCUT2D eigenvalue weighted by Gasteiger charge is -2.32. The number of fused-ring (bicyclic) bond motifs is 13.